The minimum Gasteiger partial charge on any atom is -0.453 e. The standard InChI is InChI=1S/C24H39N5O5/c1-23(2,28-22(31)34-4)5-7-29-20(25-6-8-33-3)18(14-26-29)21(30)27-19-16-9-15-10-17(19)13-24(32,11-15)12-16/h14-17,19,25,32H,5-13H2,1-4H3,(H,27,30)(H,28,31). The summed E-state index contributed by atoms with van der Waals surface area (Å²) in [6, 6.07) is 0.0997. The fraction of sp³-hybridized carbons (Fsp3) is 0.792. The first kappa shape index (κ1) is 24.8. The van der Waals surface area contributed by atoms with Crippen molar-refractivity contribution in [3.63, 3.8) is 0 Å². The summed E-state index contributed by atoms with van der Waals surface area (Å²) in [7, 11) is 2.97. The number of nitrogens with zero attached hydrogens (tertiary/aromatic N) is 2. The number of aliphatic hydroxyl groups is 1. The van der Waals surface area contributed by atoms with Crippen LogP contribution in [0.2, 0.25) is 0 Å². The van der Waals surface area contributed by atoms with Gasteiger partial charge in [-0.1, -0.05) is 0 Å². The van der Waals surface area contributed by atoms with Crippen molar-refractivity contribution in [1.82, 2.24) is 20.4 Å². The number of ether oxygens (including phenoxy) is 2. The first-order chi connectivity index (χ1) is 16.1. The van der Waals surface area contributed by atoms with Gasteiger partial charge >= 0.3 is 6.09 Å². The average Bonchev–Trinajstić information content (AvgIpc) is 3.16. The third kappa shape index (κ3) is 5.33. The van der Waals surface area contributed by atoms with Crippen LogP contribution < -0.4 is 16.0 Å². The van der Waals surface area contributed by atoms with Gasteiger partial charge in [0, 0.05) is 31.8 Å². The average molecular weight is 478 g/mol. The minimum absolute atomic E-state index is 0.0997. The molecule has 4 fully saturated rings. The number of methoxy groups -OCH3 is 2. The summed E-state index contributed by atoms with van der Waals surface area (Å²) in [4.78, 5) is 25.0. The summed E-state index contributed by atoms with van der Waals surface area (Å²) in [6.07, 6.45) is 6.38. The van der Waals surface area contributed by atoms with Gasteiger partial charge in [0.25, 0.3) is 5.91 Å². The van der Waals surface area contributed by atoms with Crippen molar-refractivity contribution >= 4 is 17.8 Å². The molecule has 2 unspecified atom stereocenters. The molecule has 2 amide bonds. The van der Waals surface area contributed by atoms with E-state index in [0.717, 1.165) is 32.1 Å². The molecule has 4 aliphatic carbocycles. The molecule has 4 bridgehead atoms. The van der Waals surface area contributed by atoms with Crippen molar-refractivity contribution in [2.75, 3.05) is 32.7 Å². The third-order valence-electron chi connectivity index (χ3n) is 7.80. The summed E-state index contributed by atoms with van der Waals surface area (Å²) < 4.78 is 11.7. The number of nitrogens with one attached hydrogen (secondary N) is 3. The number of aryl methyl sites for hydroxylation is 1. The number of hydrogen-bond acceptors (Lipinski definition) is 7. The van der Waals surface area contributed by atoms with Gasteiger partial charge in [0.15, 0.2) is 0 Å². The normalized spacial score (nSPS) is 29.7. The largest absolute Gasteiger partial charge is 0.453 e. The Hall–Kier alpha value is -2.33. The maximum atomic E-state index is 13.4. The predicted molar refractivity (Wildman–Crippen MR) is 127 cm³/mol. The lowest BCUT2D eigenvalue weighted by Crippen LogP contribution is -2.61. The fourth-order valence-electron chi connectivity index (χ4n) is 6.40. The number of aromatic nitrogens is 2. The number of anilines is 1. The highest BCUT2D eigenvalue weighted by Crippen LogP contribution is 2.55. The summed E-state index contributed by atoms with van der Waals surface area (Å²) >= 11 is 0. The van der Waals surface area contributed by atoms with Gasteiger partial charge in [0.2, 0.25) is 0 Å². The Bertz CT molecular complexity index is 884. The Labute approximate surface area is 201 Å². The van der Waals surface area contributed by atoms with Crippen LogP contribution in [-0.2, 0) is 16.0 Å². The molecule has 0 saturated heterocycles. The van der Waals surface area contributed by atoms with E-state index in [1.807, 2.05) is 13.8 Å². The zero-order valence-electron chi connectivity index (χ0n) is 20.7. The maximum Gasteiger partial charge on any atom is 0.407 e. The van der Waals surface area contributed by atoms with Crippen LogP contribution in [-0.4, -0.2) is 71.4 Å². The van der Waals surface area contributed by atoms with E-state index in [1.165, 1.54) is 7.11 Å². The molecule has 1 aromatic heterocycles. The molecule has 0 radical (unpaired) electrons. The first-order valence-electron chi connectivity index (χ1n) is 12.3. The van der Waals surface area contributed by atoms with E-state index in [0.29, 0.717) is 55.3 Å². The van der Waals surface area contributed by atoms with Crippen molar-refractivity contribution < 1.29 is 24.2 Å². The van der Waals surface area contributed by atoms with Crippen LogP contribution in [0.4, 0.5) is 10.6 Å². The van der Waals surface area contributed by atoms with E-state index in [2.05, 4.69) is 21.0 Å². The Morgan fingerprint density at radius 3 is 2.56 bits per heavy atom. The molecule has 1 heterocycles. The van der Waals surface area contributed by atoms with Crippen LogP contribution in [0, 0.1) is 17.8 Å². The Morgan fingerprint density at radius 2 is 1.94 bits per heavy atom. The molecular formula is C24H39N5O5. The molecule has 0 spiro atoms. The molecule has 10 nitrogen and oxygen atoms in total. The maximum absolute atomic E-state index is 13.4. The molecule has 2 atom stereocenters. The van der Waals surface area contributed by atoms with E-state index >= 15 is 0 Å². The molecular weight excluding hydrogens is 438 g/mol. The number of hydrogen-bond donors (Lipinski definition) is 4. The summed E-state index contributed by atoms with van der Waals surface area (Å²) in [5, 5.41) is 24.8. The van der Waals surface area contributed by atoms with Crippen molar-refractivity contribution in [1.29, 1.82) is 0 Å². The monoisotopic (exact) mass is 477 g/mol. The van der Waals surface area contributed by atoms with Crippen molar-refractivity contribution in [3.05, 3.63) is 11.8 Å². The van der Waals surface area contributed by atoms with Gasteiger partial charge in [-0.3, -0.25) is 4.79 Å². The Morgan fingerprint density at radius 1 is 1.24 bits per heavy atom. The van der Waals surface area contributed by atoms with Gasteiger partial charge in [-0.05, 0) is 70.1 Å². The third-order valence-corrected chi connectivity index (χ3v) is 7.80. The van der Waals surface area contributed by atoms with Gasteiger partial charge in [-0.15, -0.1) is 0 Å². The predicted octanol–water partition coefficient (Wildman–Crippen LogP) is 2.14. The van der Waals surface area contributed by atoms with E-state index in [9.17, 15) is 14.7 Å². The SMILES string of the molecule is COCCNc1c(C(=O)NC2C3CC4CC2CC(O)(C4)C3)cnn1CCC(C)(C)NC(=O)OC. The molecule has 4 N–H and O–H groups in total. The van der Waals surface area contributed by atoms with E-state index in [1.54, 1.807) is 18.0 Å². The molecule has 0 aliphatic heterocycles. The lowest BCUT2D eigenvalue weighted by Gasteiger charge is -2.58. The number of carbonyl (C=O) groups excluding carboxylic acids is 2. The fourth-order valence-corrected chi connectivity index (χ4v) is 6.40. The van der Waals surface area contributed by atoms with Crippen molar-refractivity contribution in [2.24, 2.45) is 17.8 Å². The number of alkyl carbamates (subject to hydrolysis) is 1. The van der Waals surface area contributed by atoms with Crippen molar-refractivity contribution in [3.8, 4) is 0 Å². The number of carbonyl (C=O) groups is 2. The molecule has 0 aromatic carbocycles. The quantitative estimate of drug-likeness (QED) is 0.380. The second kappa shape index (κ2) is 9.73. The van der Waals surface area contributed by atoms with E-state index in [-0.39, 0.29) is 11.9 Å². The molecule has 190 valence electrons. The van der Waals surface area contributed by atoms with Crippen LogP contribution in [0.5, 0.6) is 0 Å². The zero-order valence-corrected chi connectivity index (χ0v) is 20.7. The lowest BCUT2D eigenvalue weighted by atomic mass is 9.52. The smallest absolute Gasteiger partial charge is 0.407 e. The van der Waals surface area contributed by atoms with Gasteiger partial charge in [0.05, 0.1) is 25.5 Å². The molecule has 34 heavy (non-hydrogen) atoms. The summed E-state index contributed by atoms with van der Waals surface area (Å²) in [5.41, 5.74) is -0.533. The van der Waals surface area contributed by atoms with Crippen molar-refractivity contribution in [2.45, 2.75) is 76.1 Å². The van der Waals surface area contributed by atoms with Crippen LogP contribution in [0.25, 0.3) is 0 Å². The highest BCUT2D eigenvalue weighted by molar-refractivity contribution is 5.99. The van der Waals surface area contributed by atoms with Crippen LogP contribution in [0.15, 0.2) is 6.20 Å². The number of rotatable bonds is 10. The first-order valence-corrected chi connectivity index (χ1v) is 12.3. The highest BCUT2D eigenvalue weighted by atomic mass is 16.5. The van der Waals surface area contributed by atoms with Gasteiger partial charge in [-0.2, -0.15) is 5.10 Å². The minimum atomic E-state index is -0.527. The Kier molecular flexibility index (Phi) is 7.09. The topological polar surface area (TPSA) is 127 Å². The van der Waals surface area contributed by atoms with Crippen LogP contribution >= 0.6 is 0 Å². The molecule has 4 aliphatic rings. The molecule has 4 saturated carbocycles. The second-order valence-electron chi connectivity index (χ2n) is 11.0. The number of amides is 2. The second-order valence-corrected chi connectivity index (χ2v) is 11.0. The zero-order chi connectivity index (χ0) is 24.5. The molecule has 5 rings (SSSR count). The molecule has 1 aromatic rings. The van der Waals surface area contributed by atoms with Crippen LogP contribution in [0.1, 0.15) is 62.7 Å². The summed E-state index contributed by atoms with van der Waals surface area (Å²) in [5.74, 6) is 1.77. The van der Waals surface area contributed by atoms with Gasteiger partial charge in [0.1, 0.15) is 11.4 Å². The van der Waals surface area contributed by atoms with E-state index in [4.69, 9.17) is 9.47 Å². The molecule has 10 heteroatoms. The Balaban J connectivity index is 1.46. The summed E-state index contributed by atoms with van der Waals surface area (Å²) in [6.45, 7) is 5.37. The van der Waals surface area contributed by atoms with Gasteiger partial charge < -0.3 is 30.5 Å². The van der Waals surface area contributed by atoms with Gasteiger partial charge in [-0.25, -0.2) is 9.48 Å². The lowest BCUT2D eigenvalue weighted by molar-refractivity contribution is -0.136. The highest BCUT2D eigenvalue weighted by Gasteiger charge is 2.55. The van der Waals surface area contributed by atoms with Crippen LogP contribution in [0.3, 0.4) is 0 Å². The van der Waals surface area contributed by atoms with E-state index < -0.39 is 17.2 Å².